The highest BCUT2D eigenvalue weighted by molar-refractivity contribution is 6.07. The number of aryl methyl sites for hydroxylation is 1. The van der Waals surface area contributed by atoms with Gasteiger partial charge in [-0.25, -0.2) is 0 Å². The van der Waals surface area contributed by atoms with Gasteiger partial charge in [-0.05, 0) is 103 Å². The Labute approximate surface area is 237 Å². The highest BCUT2D eigenvalue weighted by Gasteiger charge is 2.24. The van der Waals surface area contributed by atoms with Crippen LogP contribution in [-0.2, 0) is 25.5 Å². The van der Waals surface area contributed by atoms with Gasteiger partial charge in [-0.3, -0.25) is 14.4 Å². The summed E-state index contributed by atoms with van der Waals surface area (Å²) in [7, 11) is 0. The fourth-order valence-corrected chi connectivity index (χ4v) is 3.34. The van der Waals surface area contributed by atoms with Crippen LogP contribution in [0.5, 0.6) is 17.2 Å². The van der Waals surface area contributed by atoms with Gasteiger partial charge >= 0.3 is 11.9 Å². The summed E-state index contributed by atoms with van der Waals surface area (Å²) < 4.78 is 27.5. The fourth-order valence-electron chi connectivity index (χ4n) is 3.34. The summed E-state index contributed by atoms with van der Waals surface area (Å²) in [6, 6.07) is 10.3. The average Bonchev–Trinajstić information content (AvgIpc) is 2.88. The minimum atomic E-state index is -0.623. The maximum absolute atomic E-state index is 12.9. The number of carbonyl (C=O) groups excluding carboxylic acids is 3. The molecule has 0 unspecified atom stereocenters. The van der Waals surface area contributed by atoms with Crippen LogP contribution in [0.1, 0.15) is 83.3 Å². The second-order valence-electron chi connectivity index (χ2n) is 11.3. The molecule has 2 aromatic rings. The normalized spacial score (nSPS) is 11.7. The zero-order chi connectivity index (χ0) is 29.9. The zero-order valence-corrected chi connectivity index (χ0v) is 24.9. The van der Waals surface area contributed by atoms with Gasteiger partial charge in [-0.15, -0.1) is 0 Å². The summed E-state index contributed by atoms with van der Waals surface area (Å²) in [5.41, 5.74) is 0.890. The van der Waals surface area contributed by atoms with Crippen molar-refractivity contribution in [2.75, 3.05) is 20.2 Å². The lowest BCUT2D eigenvalue weighted by molar-refractivity contribution is -0.160. The Morgan fingerprint density at radius 1 is 0.750 bits per heavy atom. The maximum atomic E-state index is 12.9. The standard InChI is InChI=1S/C32H42O8/c1-9-11-23-18-24(27(36-10-2)19-28(23)38-21-40-30(35)32(6,7)8)14-17-26(33)22-12-15-25(16-13-22)37-20-39-29(34)31(3,4)5/h12-19H,9-11,20-21H2,1-8H3. The van der Waals surface area contributed by atoms with E-state index in [1.807, 2.05) is 13.0 Å². The first-order chi connectivity index (χ1) is 18.8. The summed E-state index contributed by atoms with van der Waals surface area (Å²) in [6.45, 7) is 14.6. The van der Waals surface area contributed by atoms with Crippen molar-refractivity contribution >= 4 is 23.8 Å². The number of hydrogen-bond donors (Lipinski definition) is 0. The Morgan fingerprint density at radius 2 is 1.32 bits per heavy atom. The molecule has 0 heterocycles. The number of carbonyl (C=O) groups is 3. The number of allylic oxidation sites excluding steroid dienone is 1. The lowest BCUT2D eigenvalue weighted by Crippen LogP contribution is -2.24. The van der Waals surface area contributed by atoms with E-state index in [0.29, 0.717) is 29.4 Å². The number of benzene rings is 2. The van der Waals surface area contributed by atoms with Crippen molar-refractivity contribution in [1.82, 2.24) is 0 Å². The van der Waals surface area contributed by atoms with E-state index in [1.165, 1.54) is 6.08 Å². The molecule has 0 saturated heterocycles. The quantitative estimate of drug-likeness (QED) is 0.116. The molecular formula is C32H42O8. The van der Waals surface area contributed by atoms with Gasteiger partial charge in [0.15, 0.2) is 5.78 Å². The van der Waals surface area contributed by atoms with E-state index in [4.69, 9.17) is 23.7 Å². The first-order valence-electron chi connectivity index (χ1n) is 13.5. The summed E-state index contributed by atoms with van der Waals surface area (Å²) in [5.74, 6) is 0.697. The van der Waals surface area contributed by atoms with E-state index >= 15 is 0 Å². The number of ether oxygens (including phenoxy) is 5. The van der Waals surface area contributed by atoms with Crippen molar-refractivity contribution in [3.05, 3.63) is 59.2 Å². The summed E-state index contributed by atoms with van der Waals surface area (Å²) in [6.07, 6.45) is 4.81. The van der Waals surface area contributed by atoms with Crippen LogP contribution >= 0.6 is 0 Å². The van der Waals surface area contributed by atoms with Gasteiger partial charge in [-0.2, -0.15) is 0 Å². The third kappa shape index (κ3) is 10.1. The minimum Gasteiger partial charge on any atom is -0.493 e. The molecule has 0 N–H and O–H groups in total. The Kier molecular flexibility index (Phi) is 11.8. The van der Waals surface area contributed by atoms with E-state index in [-0.39, 0.29) is 31.3 Å². The summed E-state index contributed by atoms with van der Waals surface area (Å²) in [5, 5.41) is 0. The molecule has 0 bridgehead atoms. The second kappa shape index (κ2) is 14.5. The Hall–Kier alpha value is -3.81. The van der Waals surface area contributed by atoms with E-state index < -0.39 is 10.8 Å². The molecule has 218 valence electrons. The third-order valence-corrected chi connectivity index (χ3v) is 5.61. The van der Waals surface area contributed by atoms with Gasteiger partial charge in [0.2, 0.25) is 13.6 Å². The number of ketones is 1. The van der Waals surface area contributed by atoms with Crippen molar-refractivity contribution in [3.63, 3.8) is 0 Å². The number of esters is 2. The lowest BCUT2D eigenvalue weighted by atomic mass is 9.97. The van der Waals surface area contributed by atoms with Gasteiger partial charge in [0, 0.05) is 17.2 Å². The predicted octanol–water partition coefficient (Wildman–Crippen LogP) is 6.79. The van der Waals surface area contributed by atoms with Crippen molar-refractivity contribution in [3.8, 4) is 17.2 Å². The zero-order valence-electron chi connectivity index (χ0n) is 24.9. The molecule has 0 amide bonds. The van der Waals surface area contributed by atoms with Gasteiger partial charge in [-0.1, -0.05) is 13.3 Å². The minimum absolute atomic E-state index is 0.195. The van der Waals surface area contributed by atoms with E-state index in [1.54, 1.807) is 78.0 Å². The van der Waals surface area contributed by atoms with Crippen molar-refractivity contribution in [1.29, 1.82) is 0 Å². The second-order valence-corrected chi connectivity index (χ2v) is 11.3. The van der Waals surface area contributed by atoms with E-state index in [0.717, 1.165) is 24.0 Å². The topological polar surface area (TPSA) is 97.4 Å². The Bertz CT molecular complexity index is 1180. The maximum Gasteiger partial charge on any atom is 0.314 e. The molecule has 0 atom stereocenters. The first-order valence-corrected chi connectivity index (χ1v) is 13.5. The molecule has 0 aliphatic rings. The molecule has 40 heavy (non-hydrogen) atoms. The lowest BCUT2D eigenvalue weighted by Gasteiger charge is -2.19. The van der Waals surface area contributed by atoms with Crippen LogP contribution in [0.3, 0.4) is 0 Å². The van der Waals surface area contributed by atoms with E-state index in [2.05, 4.69) is 6.92 Å². The van der Waals surface area contributed by atoms with Crippen LogP contribution in [0.25, 0.3) is 6.08 Å². The van der Waals surface area contributed by atoms with Crippen LogP contribution in [0, 0.1) is 10.8 Å². The molecule has 0 aliphatic carbocycles. The van der Waals surface area contributed by atoms with Crippen molar-refractivity contribution in [2.24, 2.45) is 10.8 Å². The largest absolute Gasteiger partial charge is 0.493 e. The van der Waals surface area contributed by atoms with Crippen LogP contribution in [0.2, 0.25) is 0 Å². The molecular weight excluding hydrogens is 512 g/mol. The number of rotatable bonds is 13. The molecule has 0 fully saturated rings. The molecule has 2 aromatic carbocycles. The molecule has 0 radical (unpaired) electrons. The smallest absolute Gasteiger partial charge is 0.314 e. The van der Waals surface area contributed by atoms with Gasteiger partial charge < -0.3 is 23.7 Å². The molecule has 0 saturated carbocycles. The summed E-state index contributed by atoms with van der Waals surface area (Å²) in [4.78, 5) is 36.8. The van der Waals surface area contributed by atoms with Gasteiger partial charge in [0.05, 0.1) is 17.4 Å². The highest BCUT2D eigenvalue weighted by atomic mass is 16.7. The molecule has 0 spiro atoms. The van der Waals surface area contributed by atoms with Crippen LogP contribution in [0.15, 0.2) is 42.5 Å². The molecule has 0 aromatic heterocycles. The molecule has 0 aliphatic heterocycles. The monoisotopic (exact) mass is 554 g/mol. The Morgan fingerprint density at radius 3 is 1.85 bits per heavy atom. The van der Waals surface area contributed by atoms with Crippen molar-refractivity contribution < 1.29 is 38.1 Å². The molecule has 8 heteroatoms. The van der Waals surface area contributed by atoms with Crippen LogP contribution in [-0.4, -0.2) is 37.9 Å². The highest BCUT2D eigenvalue weighted by Crippen LogP contribution is 2.32. The number of hydrogen-bond acceptors (Lipinski definition) is 8. The Balaban J connectivity index is 2.13. The molecule has 2 rings (SSSR count). The average molecular weight is 555 g/mol. The molecule has 8 nitrogen and oxygen atoms in total. The summed E-state index contributed by atoms with van der Waals surface area (Å²) >= 11 is 0. The first kappa shape index (κ1) is 32.4. The SMILES string of the molecule is CCCc1cc(C=CC(=O)c2ccc(OCOC(=O)C(C)(C)C)cc2)c(OCC)cc1OCOC(=O)C(C)(C)C. The van der Waals surface area contributed by atoms with Crippen LogP contribution in [0.4, 0.5) is 0 Å². The van der Waals surface area contributed by atoms with Gasteiger partial charge in [0.25, 0.3) is 0 Å². The van der Waals surface area contributed by atoms with E-state index in [9.17, 15) is 14.4 Å². The predicted molar refractivity (Wildman–Crippen MR) is 153 cm³/mol. The van der Waals surface area contributed by atoms with Gasteiger partial charge in [0.1, 0.15) is 17.2 Å². The fraction of sp³-hybridized carbons (Fsp3) is 0.469. The van der Waals surface area contributed by atoms with Crippen molar-refractivity contribution in [2.45, 2.75) is 68.2 Å². The third-order valence-electron chi connectivity index (χ3n) is 5.61. The van der Waals surface area contributed by atoms with Crippen LogP contribution < -0.4 is 14.2 Å².